The van der Waals surface area contributed by atoms with Gasteiger partial charge < -0.3 is 15.2 Å². The van der Waals surface area contributed by atoms with Gasteiger partial charge in [-0.3, -0.25) is 4.79 Å². The summed E-state index contributed by atoms with van der Waals surface area (Å²) in [4.78, 5) is 23.2. The number of carbonyl (C=O) groups is 2. The molecule has 7 heteroatoms. The van der Waals surface area contributed by atoms with Crippen LogP contribution in [0.5, 0.6) is 0 Å². The van der Waals surface area contributed by atoms with Crippen molar-refractivity contribution < 1.29 is 19.4 Å². The van der Waals surface area contributed by atoms with E-state index in [1.165, 1.54) is 0 Å². The van der Waals surface area contributed by atoms with Crippen LogP contribution in [0.2, 0.25) is 5.02 Å². The highest BCUT2D eigenvalue weighted by atomic mass is 79.9. The van der Waals surface area contributed by atoms with Gasteiger partial charge in [0.1, 0.15) is 5.54 Å². The molecule has 2 N–H and O–H groups in total. The predicted molar refractivity (Wildman–Crippen MR) is 82.5 cm³/mol. The molecule has 1 fully saturated rings. The number of hydrogen-bond donors (Lipinski definition) is 2. The van der Waals surface area contributed by atoms with Crippen LogP contribution in [-0.4, -0.2) is 29.2 Å². The molecule has 0 spiro atoms. The summed E-state index contributed by atoms with van der Waals surface area (Å²) in [5.41, 5.74) is -0.296. The third-order valence-corrected chi connectivity index (χ3v) is 4.72. The zero-order valence-electron chi connectivity index (χ0n) is 11.4. The fourth-order valence-electron chi connectivity index (χ4n) is 2.40. The Bertz CT molecular complexity index is 572. The van der Waals surface area contributed by atoms with Crippen molar-refractivity contribution in [3.8, 4) is 0 Å². The van der Waals surface area contributed by atoms with Gasteiger partial charge in [-0.15, -0.1) is 0 Å². The smallest absolute Gasteiger partial charge is 0.331 e. The highest BCUT2D eigenvalue weighted by molar-refractivity contribution is 9.10. The van der Waals surface area contributed by atoms with Crippen molar-refractivity contribution in [1.29, 1.82) is 0 Å². The summed E-state index contributed by atoms with van der Waals surface area (Å²) in [5, 5.41) is 12.7. The summed E-state index contributed by atoms with van der Waals surface area (Å²) < 4.78 is 5.77. The van der Waals surface area contributed by atoms with Crippen molar-refractivity contribution in [2.75, 3.05) is 11.9 Å². The van der Waals surface area contributed by atoms with Crippen LogP contribution in [-0.2, 0) is 14.3 Å². The van der Waals surface area contributed by atoms with E-state index in [1.54, 1.807) is 25.1 Å². The number of carbonyl (C=O) groups excluding carboxylic acids is 1. The first-order chi connectivity index (χ1) is 9.88. The molecule has 0 radical (unpaired) electrons. The highest BCUT2D eigenvalue weighted by Crippen LogP contribution is 2.42. The monoisotopic (exact) mass is 375 g/mol. The summed E-state index contributed by atoms with van der Waals surface area (Å²) in [6.07, 6.45) is 0.419. The van der Waals surface area contributed by atoms with Crippen molar-refractivity contribution in [3.63, 3.8) is 0 Å². The number of carboxylic acid groups (broad SMARTS) is 1. The maximum atomic E-state index is 12.2. The number of carboxylic acids is 1. The van der Waals surface area contributed by atoms with Crippen molar-refractivity contribution in [1.82, 2.24) is 0 Å². The molecule has 0 unspecified atom stereocenters. The Morgan fingerprint density at radius 1 is 1.52 bits per heavy atom. The summed E-state index contributed by atoms with van der Waals surface area (Å²) in [6.45, 7) is 1.97. The van der Waals surface area contributed by atoms with Gasteiger partial charge in [-0.05, 0) is 53.9 Å². The fraction of sp³-hybridized carbons (Fsp3) is 0.429. The summed E-state index contributed by atoms with van der Waals surface area (Å²) in [5.74, 6) is -1.85. The maximum absolute atomic E-state index is 12.2. The molecule has 5 nitrogen and oxygen atoms in total. The van der Waals surface area contributed by atoms with E-state index >= 15 is 0 Å². The summed E-state index contributed by atoms with van der Waals surface area (Å²) in [7, 11) is 0. The van der Waals surface area contributed by atoms with E-state index in [-0.39, 0.29) is 19.4 Å². The van der Waals surface area contributed by atoms with Gasteiger partial charge in [0.05, 0.1) is 17.5 Å². The van der Waals surface area contributed by atoms with Crippen molar-refractivity contribution in [2.45, 2.75) is 25.3 Å². The quantitative estimate of drug-likeness (QED) is 0.771. The minimum Gasteiger partial charge on any atom is -0.481 e. The molecule has 2 rings (SSSR count). The molecule has 21 heavy (non-hydrogen) atoms. The maximum Gasteiger partial charge on any atom is 0.331 e. The lowest BCUT2D eigenvalue weighted by atomic mass is 9.68. The Balaban J connectivity index is 2.19. The van der Waals surface area contributed by atoms with Crippen LogP contribution in [0.1, 0.15) is 19.8 Å². The normalized spacial score (nSPS) is 24.0. The van der Waals surface area contributed by atoms with Crippen molar-refractivity contribution >= 4 is 45.2 Å². The summed E-state index contributed by atoms with van der Waals surface area (Å²) in [6, 6.07) is 5.18. The van der Waals surface area contributed by atoms with E-state index < -0.39 is 23.4 Å². The number of nitrogens with one attached hydrogen (secondary N) is 1. The number of esters is 1. The number of ether oxygens (including phenoxy) is 1. The van der Waals surface area contributed by atoms with Gasteiger partial charge in [0.25, 0.3) is 0 Å². The molecule has 1 aliphatic rings. The number of hydrogen-bond acceptors (Lipinski definition) is 4. The Morgan fingerprint density at radius 3 is 2.71 bits per heavy atom. The molecule has 0 aliphatic heterocycles. The average Bonchev–Trinajstić information content (AvgIpc) is 2.37. The largest absolute Gasteiger partial charge is 0.481 e. The third kappa shape index (κ3) is 3.32. The van der Waals surface area contributed by atoms with E-state index in [9.17, 15) is 9.59 Å². The zero-order chi connectivity index (χ0) is 15.6. The third-order valence-electron chi connectivity index (χ3n) is 3.51. The van der Waals surface area contributed by atoms with E-state index in [4.69, 9.17) is 21.4 Å². The molecule has 0 bridgehead atoms. The van der Waals surface area contributed by atoms with Crippen molar-refractivity contribution in [3.05, 3.63) is 27.7 Å². The van der Waals surface area contributed by atoms with E-state index in [2.05, 4.69) is 21.2 Å². The number of benzene rings is 1. The zero-order valence-corrected chi connectivity index (χ0v) is 13.7. The van der Waals surface area contributed by atoms with Gasteiger partial charge in [0, 0.05) is 10.2 Å². The van der Waals surface area contributed by atoms with Gasteiger partial charge >= 0.3 is 11.9 Å². The first-order valence-corrected chi connectivity index (χ1v) is 7.68. The predicted octanol–water partition coefficient (Wildman–Crippen LogP) is 3.31. The molecule has 1 aliphatic carbocycles. The lowest BCUT2D eigenvalue weighted by Crippen LogP contribution is -2.59. The van der Waals surface area contributed by atoms with Crippen LogP contribution in [0.25, 0.3) is 0 Å². The SMILES string of the molecule is CCOC(=O)C1(Nc2ccc(Cl)c(Br)c2)CC(C(=O)O)C1. The van der Waals surface area contributed by atoms with Gasteiger partial charge in [0.15, 0.2) is 0 Å². The average molecular weight is 377 g/mol. The van der Waals surface area contributed by atoms with Gasteiger partial charge in [-0.1, -0.05) is 11.6 Å². The van der Waals surface area contributed by atoms with Crippen LogP contribution < -0.4 is 5.32 Å². The van der Waals surface area contributed by atoms with Gasteiger partial charge in [-0.2, -0.15) is 0 Å². The van der Waals surface area contributed by atoms with E-state index in [0.29, 0.717) is 15.2 Å². The van der Waals surface area contributed by atoms with E-state index in [1.807, 2.05) is 0 Å². The second kappa shape index (κ2) is 6.23. The molecule has 1 aromatic rings. The molecule has 0 saturated heterocycles. The Kier molecular flexibility index (Phi) is 4.78. The molecule has 114 valence electrons. The minimum atomic E-state index is -0.980. The van der Waals surface area contributed by atoms with E-state index in [0.717, 1.165) is 0 Å². The highest BCUT2D eigenvalue weighted by Gasteiger charge is 2.54. The molecule has 0 aromatic heterocycles. The van der Waals surface area contributed by atoms with Gasteiger partial charge in [0.2, 0.25) is 0 Å². The minimum absolute atomic E-state index is 0.210. The standard InChI is InChI=1S/C14H15BrClNO4/c1-2-21-13(20)14(6-8(7-14)12(18)19)17-9-3-4-11(16)10(15)5-9/h3-5,8,17H,2,6-7H2,1H3,(H,18,19). The van der Waals surface area contributed by atoms with Crippen LogP contribution in [0.4, 0.5) is 5.69 Å². The van der Waals surface area contributed by atoms with Crippen LogP contribution >= 0.6 is 27.5 Å². The Labute approximate surface area is 135 Å². The van der Waals surface area contributed by atoms with Crippen LogP contribution in [0.3, 0.4) is 0 Å². The number of anilines is 1. The van der Waals surface area contributed by atoms with Gasteiger partial charge in [-0.25, -0.2) is 4.79 Å². The lowest BCUT2D eigenvalue weighted by molar-refractivity contribution is -0.159. The molecular formula is C14H15BrClNO4. The second-order valence-electron chi connectivity index (χ2n) is 5.00. The molecule has 0 amide bonds. The first kappa shape index (κ1) is 16.1. The van der Waals surface area contributed by atoms with Crippen LogP contribution in [0.15, 0.2) is 22.7 Å². The molecule has 1 aromatic carbocycles. The first-order valence-electron chi connectivity index (χ1n) is 6.51. The fourth-order valence-corrected chi connectivity index (χ4v) is 2.89. The topological polar surface area (TPSA) is 75.6 Å². The molecule has 0 atom stereocenters. The number of aliphatic carboxylic acids is 1. The lowest BCUT2D eigenvalue weighted by Gasteiger charge is -2.44. The number of halogens is 2. The molecular weight excluding hydrogens is 362 g/mol. The molecule has 1 saturated carbocycles. The summed E-state index contributed by atoms with van der Waals surface area (Å²) >= 11 is 9.25. The van der Waals surface area contributed by atoms with Crippen LogP contribution in [0, 0.1) is 5.92 Å². The van der Waals surface area contributed by atoms with Crippen molar-refractivity contribution in [2.24, 2.45) is 5.92 Å². The number of rotatable bonds is 5. The molecule has 0 heterocycles. The Morgan fingerprint density at radius 2 is 2.19 bits per heavy atom. The Hall–Kier alpha value is -1.27. The second-order valence-corrected chi connectivity index (χ2v) is 6.26.